The fourth-order valence-corrected chi connectivity index (χ4v) is 3.62. The van der Waals surface area contributed by atoms with Crippen molar-refractivity contribution in [3.8, 4) is 11.3 Å². The van der Waals surface area contributed by atoms with E-state index in [2.05, 4.69) is 9.88 Å². The number of hydrogen-bond donors (Lipinski definition) is 1. The average Bonchev–Trinajstić information content (AvgIpc) is 3.06. The molecule has 1 fully saturated rings. The van der Waals surface area contributed by atoms with Gasteiger partial charge in [0.05, 0.1) is 10.6 Å². The van der Waals surface area contributed by atoms with E-state index in [1.165, 1.54) is 0 Å². The fourth-order valence-electron chi connectivity index (χ4n) is 2.09. The van der Waals surface area contributed by atoms with Crippen LogP contribution in [0.4, 0.5) is 0 Å². The summed E-state index contributed by atoms with van der Waals surface area (Å²) < 4.78 is 32.3. The maximum atomic E-state index is 12.2. The van der Waals surface area contributed by atoms with Crippen molar-refractivity contribution in [2.75, 3.05) is 0 Å². The van der Waals surface area contributed by atoms with Crippen LogP contribution in [0.2, 0.25) is 0 Å². The summed E-state index contributed by atoms with van der Waals surface area (Å²) in [7, 11) is -3.42. The molecule has 3 rings (SSSR count). The summed E-state index contributed by atoms with van der Waals surface area (Å²) in [5.74, 6) is 0.643. The Balaban J connectivity index is 1.95. The van der Waals surface area contributed by atoms with E-state index in [1.54, 1.807) is 25.1 Å². The largest absolute Gasteiger partial charge is 0.356 e. The molecule has 1 aromatic carbocycles. The van der Waals surface area contributed by atoms with Gasteiger partial charge in [0.15, 0.2) is 5.76 Å². The van der Waals surface area contributed by atoms with E-state index < -0.39 is 10.0 Å². The highest BCUT2D eigenvalue weighted by atomic mass is 32.2. The maximum Gasteiger partial charge on any atom is 0.241 e. The second-order valence-electron chi connectivity index (χ2n) is 5.21. The predicted octanol–water partition coefficient (Wildman–Crippen LogP) is 2.40. The van der Waals surface area contributed by atoms with Gasteiger partial charge in [-0.15, -0.1) is 0 Å². The highest BCUT2D eigenvalue weighted by Gasteiger charge is 2.28. The molecule has 1 aliphatic rings. The fraction of sp³-hybridized carbons (Fsp3) is 0.357. The summed E-state index contributed by atoms with van der Waals surface area (Å²) in [6.07, 6.45) is 1.85. The van der Waals surface area contributed by atoms with Crippen molar-refractivity contribution < 1.29 is 12.9 Å². The van der Waals surface area contributed by atoms with Gasteiger partial charge in [-0.2, -0.15) is 0 Å². The van der Waals surface area contributed by atoms with Crippen LogP contribution in [0.1, 0.15) is 24.1 Å². The Hall–Kier alpha value is -1.66. The number of aryl methyl sites for hydroxylation is 2. The number of aromatic nitrogens is 1. The van der Waals surface area contributed by atoms with Crippen molar-refractivity contribution in [1.82, 2.24) is 9.88 Å². The van der Waals surface area contributed by atoms with Gasteiger partial charge in [0.1, 0.15) is 0 Å². The van der Waals surface area contributed by atoms with Gasteiger partial charge in [-0.3, -0.25) is 0 Å². The monoisotopic (exact) mass is 292 g/mol. The molecule has 0 aliphatic heterocycles. The smallest absolute Gasteiger partial charge is 0.241 e. The molecule has 1 aromatic heterocycles. The number of nitrogens with zero attached hydrogens (tertiary/aromatic N) is 1. The van der Waals surface area contributed by atoms with Crippen molar-refractivity contribution in [1.29, 1.82) is 0 Å². The van der Waals surface area contributed by atoms with Gasteiger partial charge in [-0.25, -0.2) is 13.1 Å². The molecular weight excluding hydrogens is 276 g/mol. The molecule has 0 amide bonds. The van der Waals surface area contributed by atoms with Gasteiger partial charge in [-0.1, -0.05) is 5.16 Å². The first kappa shape index (κ1) is 13.3. The lowest BCUT2D eigenvalue weighted by molar-refractivity contribution is 0.427. The summed E-state index contributed by atoms with van der Waals surface area (Å²) in [5, 5.41) is 3.84. The van der Waals surface area contributed by atoms with Gasteiger partial charge in [0, 0.05) is 17.7 Å². The molecule has 0 bridgehead atoms. The van der Waals surface area contributed by atoms with Crippen molar-refractivity contribution in [3.63, 3.8) is 0 Å². The Kier molecular flexibility index (Phi) is 3.14. The van der Waals surface area contributed by atoms with E-state index >= 15 is 0 Å². The predicted molar refractivity (Wildman–Crippen MR) is 74.8 cm³/mol. The summed E-state index contributed by atoms with van der Waals surface area (Å²) in [5.41, 5.74) is 2.32. The first-order valence-electron chi connectivity index (χ1n) is 6.52. The lowest BCUT2D eigenvalue weighted by Crippen LogP contribution is -2.26. The number of nitrogens with one attached hydrogen (secondary N) is 1. The highest BCUT2D eigenvalue weighted by Crippen LogP contribution is 2.27. The molecule has 1 heterocycles. The molecule has 106 valence electrons. The maximum absolute atomic E-state index is 12.2. The van der Waals surface area contributed by atoms with Crippen molar-refractivity contribution in [2.24, 2.45) is 0 Å². The second kappa shape index (κ2) is 4.71. The molecule has 20 heavy (non-hydrogen) atoms. The minimum Gasteiger partial charge on any atom is -0.356 e. The van der Waals surface area contributed by atoms with Crippen LogP contribution in [-0.2, 0) is 10.0 Å². The first-order chi connectivity index (χ1) is 9.45. The van der Waals surface area contributed by atoms with E-state index in [0.29, 0.717) is 16.2 Å². The minimum absolute atomic E-state index is 0.107. The third kappa shape index (κ3) is 2.62. The van der Waals surface area contributed by atoms with Gasteiger partial charge < -0.3 is 4.52 Å². The van der Waals surface area contributed by atoms with Crippen LogP contribution in [0, 0.1) is 13.8 Å². The summed E-state index contributed by atoms with van der Waals surface area (Å²) in [4.78, 5) is 0.324. The Morgan fingerprint density at radius 2 is 2.00 bits per heavy atom. The second-order valence-corrected chi connectivity index (χ2v) is 6.89. The lowest BCUT2D eigenvalue weighted by Gasteiger charge is -2.09. The third-order valence-corrected chi connectivity index (χ3v) is 4.96. The standard InChI is InChI=1S/C14H16N2O3S/c1-9-7-11(13-8-10(2)15-19-13)3-6-14(9)20(17,18)16-12-4-5-12/h3,6-8,12,16H,4-5H2,1-2H3. The molecule has 0 radical (unpaired) electrons. The quantitative estimate of drug-likeness (QED) is 0.939. The zero-order valence-corrected chi connectivity index (χ0v) is 12.2. The Labute approximate surface area is 118 Å². The van der Waals surface area contributed by atoms with Crippen molar-refractivity contribution >= 4 is 10.0 Å². The zero-order valence-electron chi connectivity index (χ0n) is 11.4. The van der Waals surface area contributed by atoms with Crippen molar-refractivity contribution in [2.45, 2.75) is 37.6 Å². The average molecular weight is 292 g/mol. The van der Waals surface area contributed by atoms with E-state index in [9.17, 15) is 8.42 Å². The van der Waals surface area contributed by atoms with Crippen LogP contribution >= 0.6 is 0 Å². The van der Waals surface area contributed by atoms with E-state index in [0.717, 1.165) is 24.1 Å². The molecule has 2 aromatic rings. The number of rotatable bonds is 4. The van der Waals surface area contributed by atoms with Crippen LogP contribution in [0.25, 0.3) is 11.3 Å². The van der Waals surface area contributed by atoms with E-state index in [4.69, 9.17) is 4.52 Å². The SMILES string of the molecule is Cc1cc(-c2ccc(S(=O)(=O)NC3CC3)c(C)c2)on1. The molecule has 6 heteroatoms. The Morgan fingerprint density at radius 1 is 1.25 bits per heavy atom. The van der Waals surface area contributed by atoms with Gasteiger partial charge >= 0.3 is 0 Å². The molecule has 5 nitrogen and oxygen atoms in total. The minimum atomic E-state index is -3.42. The van der Waals surface area contributed by atoms with Crippen LogP contribution in [0.3, 0.4) is 0 Å². The number of sulfonamides is 1. The van der Waals surface area contributed by atoms with E-state index in [-0.39, 0.29) is 6.04 Å². The Bertz CT molecular complexity index is 746. The van der Waals surface area contributed by atoms with Gasteiger partial charge in [0.25, 0.3) is 0 Å². The molecule has 0 saturated heterocycles. The molecular formula is C14H16N2O3S. The van der Waals surface area contributed by atoms with Crippen LogP contribution in [-0.4, -0.2) is 19.6 Å². The molecule has 1 saturated carbocycles. The molecule has 0 unspecified atom stereocenters. The van der Waals surface area contributed by atoms with Crippen LogP contribution < -0.4 is 4.72 Å². The molecule has 1 N–H and O–H groups in total. The first-order valence-corrected chi connectivity index (χ1v) is 8.01. The molecule has 1 aliphatic carbocycles. The zero-order chi connectivity index (χ0) is 14.3. The molecule has 0 atom stereocenters. The summed E-state index contributed by atoms with van der Waals surface area (Å²) >= 11 is 0. The summed E-state index contributed by atoms with van der Waals surface area (Å²) in [6.45, 7) is 3.63. The summed E-state index contributed by atoms with van der Waals surface area (Å²) in [6, 6.07) is 7.10. The normalized spacial score (nSPS) is 15.5. The van der Waals surface area contributed by atoms with Crippen LogP contribution in [0.5, 0.6) is 0 Å². The van der Waals surface area contributed by atoms with Gasteiger partial charge in [-0.05, 0) is 50.5 Å². The van der Waals surface area contributed by atoms with Crippen LogP contribution in [0.15, 0.2) is 33.7 Å². The number of hydrogen-bond acceptors (Lipinski definition) is 4. The highest BCUT2D eigenvalue weighted by molar-refractivity contribution is 7.89. The van der Waals surface area contributed by atoms with Gasteiger partial charge in [0.2, 0.25) is 10.0 Å². The Morgan fingerprint density at radius 3 is 2.55 bits per heavy atom. The number of benzene rings is 1. The lowest BCUT2D eigenvalue weighted by atomic mass is 10.1. The van der Waals surface area contributed by atoms with Crippen molar-refractivity contribution in [3.05, 3.63) is 35.5 Å². The topological polar surface area (TPSA) is 72.2 Å². The van der Waals surface area contributed by atoms with E-state index in [1.807, 2.05) is 13.0 Å². The third-order valence-electron chi connectivity index (χ3n) is 3.28. The molecule has 0 spiro atoms.